The number of nitrogens with one attached hydrogen (secondary N) is 1. The zero-order valence-electron chi connectivity index (χ0n) is 9.05. The minimum Gasteiger partial charge on any atom is -0.355 e. The molecule has 1 aromatic carbocycles. The van der Waals surface area contributed by atoms with Gasteiger partial charge < -0.3 is 9.84 Å². The molecular weight excluding hydrogens is 254 g/mol. The van der Waals surface area contributed by atoms with E-state index in [0.29, 0.717) is 6.07 Å². The van der Waals surface area contributed by atoms with Gasteiger partial charge in [-0.3, -0.25) is 0 Å². The fourth-order valence-electron chi connectivity index (χ4n) is 1.37. The molecule has 18 heavy (non-hydrogen) atoms. The monoisotopic (exact) mass is 261 g/mol. The number of rotatable bonds is 2. The molecule has 8 heteroatoms. The van der Waals surface area contributed by atoms with Crippen LogP contribution in [0.15, 0.2) is 22.7 Å². The number of benzene rings is 1. The molecule has 0 aliphatic carbocycles. The van der Waals surface area contributed by atoms with E-state index in [0.717, 1.165) is 12.1 Å². The summed E-state index contributed by atoms with van der Waals surface area (Å²) in [6.07, 6.45) is -4.70. The normalized spacial score (nSPS) is 11.6. The molecule has 96 valence electrons. The van der Waals surface area contributed by atoms with Crippen molar-refractivity contribution in [3.63, 3.8) is 0 Å². The SMILES string of the molecule is CNc1noc(-c2ccc(F)cc2C(F)(F)F)n1. The summed E-state index contributed by atoms with van der Waals surface area (Å²) in [5.41, 5.74) is -1.52. The Kier molecular flexibility index (Phi) is 2.93. The van der Waals surface area contributed by atoms with E-state index in [2.05, 4.69) is 20.0 Å². The second-order valence-corrected chi connectivity index (χ2v) is 3.36. The van der Waals surface area contributed by atoms with Gasteiger partial charge in [0.2, 0.25) is 0 Å². The Morgan fingerprint density at radius 3 is 2.56 bits per heavy atom. The van der Waals surface area contributed by atoms with Gasteiger partial charge in [0.25, 0.3) is 11.8 Å². The van der Waals surface area contributed by atoms with Crippen molar-refractivity contribution in [2.24, 2.45) is 0 Å². The quantitative estimate of drug-likeness (QED) is 0.844. The Balaban J connectivity index is 2.56. The summed E-state index contributed by atoms with van der Waals surface area (Å²) < 4.78 is 55.7. The Bertz CT molecular complexity index is 564. The van der Waals surface area contributed by atoms with Crippen LogP contribution < -0.4 is 5.32 Å². The van der Waals surface area contributed by atoms with E-state index >= 15 is 0 Å². The van der Waals surface area contributed by atoms with Crippen molar-refractivity contribution < 1.29 is 22.1 Å². The van der Waals surface area contributed by atoms with Crippen LogP contribution in [-0.4, -0.2) is 17.2 Å². The molecule has 0 atom stereocenters. The summed E-state index contributed by atoms with van der Waals surface area (Å²) in [4.78, 5) is 3.69. The van der Waals surface area contributed by atoms with E-state index in [-0.39, 0.29) is 17.4 Å². The number of nitrogens with zero attached hydrogens (tertiary/aromatic N) is 2. The molecule has 0 radical (unpaired) electrons. The molecule has 0 fully saturated rings. The summed E-state index contributed by atoms with van der Waals surface area (Å²) in [6, 6.07) is 2.23. The van der Waals surface area contributed by atoms with Crippen molar-refractivity contribution in [3.8, 4) is 11.5 Å². The molecular formula is C10H7F4N3O. The maximum atomic E-state index is 12.9. The third-order valence-electron chi connectivity index (χ3n) is 2.17. The zero-order chi connectivity index (χ0) is 13.3. The number of anilines is 1. The van der Waals surface area contributed by atoms with E-state index in [1.54, 1.807) is 0 Å². The van der Waals surface area contributed by atoms with Gasteiger partial charge in [0, 0.05) is 7.05 Å². The Hall–Kier alpha value is -2.12. The van der Waals surface area contributed by atoms with Crippen LogP contribution in [0.3, 0.4) is 0 Å². The average Bonchev–Trinajstić information content (AvgIpc) is 2.76. The van der Waals surface area contributed by atoms with Crippen LogP contribution in [-0.2, 0) is 6.18 Å². The molecule has 0 saturated carbocycles. The fraction of sp³-hybridized carbons (Fsp3) is 0.200. The lowest BCUT2D eigenvalue weighted by Crippen LogP contribution is -2.07. The van der Waals surface area contributed by atoms with Gasteiger partial charge in [0.1, 0.15) is 5.82 Å². The molecule has 0 bridgehead atoms. The molecule has 1 heterocycles. The molecule has 0 unspecified atom stereocenters. The second kappa shape index (κ2) is 4.28. The van der Waals surface area contributed by atoms with E-state index < -0.39 is 17.6 Å². The highest BCUT2D eigenvalue weighted by molar-refractivity contribution is 5.60. The van der Waals surface area contributed by atoms with Crippen molar-refractivity contribution in [1.29, 1.82) is 0 Å². The minimum absolute atomic E-state index is 0.0439. The van der Waals surface area contributed by atoms with Gasteiger partial charge in [0.15, 0.2) is 0 Å². The first-order chi connectivity index (χ1) is 8.41. The van der Waals surface area contributed by atoms with Crippen LogP contribution >= 0.6 is 0 Å². The lowest BCUT2D eigenvalue weighted by molar-refractivity contribution is -0.137. The molecule has 0 spiro atoms. The molecule has 0 saturated heterocycles. The smallest absolute Gasteiger partial charge is 0.355 e. The van der Waals surface area contributed by atoms with Gasteiger partial charge in [-0.2, -0.15) is 18.2 Å². The molecule has 2 rings (SSSR count). The van der Waals surface area contributed by atoms with E-state index in [4.69, 9.17) is 0 Å². The topological polar surface area (TPSA) is 51.0 Å². The van der Waals surface area contributed by atoms with Crippen LogP contribution in [0.25, 0.3) is 11.5 Å². The predicted octanol–water partition coefficient (Wildman–Crippen LogP) is 2.94. The first-order valence-corrected chi connectivity index (χ1v) is 4.80. The maximum absolute atomic E-state index is 12.9. The van der Waals surface area contributed by atoms with E-state index in [9.17, 15) is 17.6 Å². The van der Waals surface area contributed by atoms with Gasteiger partial charge in [-0.1, -0.05) is 0 Å². The fourth-order valence-corrected chi connectivity index (χ4v) is 1.37. The number of aromatic nitrogens is 2. The molecule has 1 aromatic heterocycles. The number of hydrogen-bond acceptors (Lipinski definition) is 4. The molecule has 0 aliphatic heterocycles. The first kappa shape index (κ1) is 12.3. The third-order valence-corrected chi connectivity index (χ3v) is 2.17. The van der Waals surface area contributed by atoms with Crippen LogP contribution in [0.1, 0.15) is 5.56 Å². The molecule has 1 N–H and O–H groups in total. The predicted molar refractivity (Wildman–Crippen MR) is 54.2 cm³/mol. The van der Waals surface area contributed by atoms with Gasteiger partial charge in [-0.15, -0.1) is 0 Å². The second-order valence-electron chi connectivity index (χ2n) is 3.36. The van der Waals surface area contributed by atoms with Crippen molar-refractivity contribution in [3.05, 3.63) is 29.6 Å². The molecule has 0 aliphatic rings. The van der Waals surface area contributed by atoms with E-state index in [1.807, 2.05) is 0 Å². The average molecular weight is 261 g/mol. The highest BCUT2D eigenvalue weighted by atomic mass is 19.4. The summed E-state index contributed by atoms with van der Waals surface area (Å²) in [6.45, 7) is 0. The summed E-state index contributed by atoms with van der Waals surface area (Å²) >= 11 is 0. The van der Waals surface area contributed by atoms with Crippen molar-refractivity contribution >= 4 is 5.95 Å². The van der Waals surface area contributed by atoms with Crippen molar-refractivity contribution in [1.82, 2.24) is 10.1 Å². The summed E-state index contributed by atoms with van der Waals surface area (Å²) in [5.74, 6) is -1.27. The lowest BCUT2D eigenvalue weighted by atomic mass is 10.1. The maximum Gasteiger partial charge on any atom is 0.417 e. The number of halogens is 4. The van der Waals surface area contributed by atoms with E-state index in [1.165, 1.54) is 7.05 Å². The van der Waals surface area contributed by atoms with Crippen LogP contribution in [0.5, 0.6) is 0 Å². The largest absolute Gasteiger partial charge is 0.417 e. The van der Waals surface area contributed by atoms with Crippen molar-refractivity contribution in [2.75, 3.05) is 12.4 Å². The first-order valence-electron chi connectivity index (χ1n) is 4.80. The molecule has 0 amide bonds. The zero-order valence-corrected chi connectivity index (χ0v) is 9.05. The standard InChI is InChI=1S/C10H7F4N3O/c1-15-9-16-8(18-17-9)6-3-2-5(11)4-7(6)10(12,13)14/h2-4H,1H3,(H,15,17). The Morgan fingerprint density at radius 1 is 1.28 bits per heavy atom. The van der Waals surface area contributed by atoms with Gasteiger partial charge in [-0.25, -0.2) is 4.39 Å². The molecule has 4 nitrogen and oxygen atoms in total. The number of hydrogen-bond donors (Lipinski definition) is 1. The van der Waals surface area contributed by atoms with Gasteiger partial charge in [-0.05, 0) is 23.4 Å². The Morgan fingerprint density at radius 2 is 2.00 bits per heavy atom. The molecule has 2 aromatic rings. The lowest BCUT2D eigenvalue weighted by Gasteiger charge is -2.09. The highest BCUT2D eigenvalue weighted by Crippen LogP contribution is 2.37. The highest BCUT2D eigenvalue weighted by Gasteiger charge is 2.35. The van der Waals surface area contributed by atoms with Crippen LogP contribution in [0, 0.1) is 5.82 Å². The summed E-state index contributed by atoms with van der Waals surface area (Å²) in [7, 11) is 1.49. The van der Waals surface area contributed by atoms with Crippen molar-refractivity contribution in [2.45, 2.75) is 6.18 Å². The van der Waals surface area contributed by atoms with Crippen LogP contribution in [0.2, 0.25) is 0 Å². The van der Waals surface area contributed by atoms with Gasteiger partial charge in [0.05, 0.1) is 11.1 Å². The summed E-state index contributed by atoms with van der Waals surface area (Å²) in [5, 5.41) is 5.91. The van der Waals surface area contributed by atoms with Crippen LogP contribution in [0.4, 0.5) is 23.5 Å². The Labute approximate surface area is 98.6 Å². The minimum atomic E-state index is -4.70. The number of alkyl halides is 3. The third kappa shape index (κ3) is 2.27. The van der Waals surface area contributed by atoms with Gasteiger partial charge >= 0.3 is 6.18 Å².